The molecule has 5 aromatic rings. The Morgan fingerprint density at radius 3 is 1.94 bits per heavy atom. The fourth-order valence-corrected chi connectivity index (χ4v) is 13.1. The second-order valence-electron chi connectivity index (χ2n) is 27.9. The van der Waals surface area contributed by atoms with E-state index in [0.29, 0.717) is 13.1 Å². The maximum absolute atomic E-state index is 16.1. The number of primary amides is 1. The zero-order valence-corrected chi connectivity index (χ0v) is 59.0. The number of aryl methyl sites for hydroxylation is 2. The molecule has 558 valence electrons. The number of hydrogen-bond acceptors (Lipinski definition) is 23. The van der Waals surface area contributed by atoms with Crippen molar-refractivity contribution >= 4 is 65.0 Å². The highest BCUT2D eigenvalue weighted by atomic mass is 35.5. The molecule has 14 atom stereocenters. The summed E-state index contributed by atoms with van der Waals surface area (Å²) >= 11 is 7.10. The zero-order chi connectivity index (χ0) is 75.8. The number of amides is 9. The maximum Gasteiger partial charge on any atom is 0.410 e. The van der Waals surface area contributed by atoms with Crippen LogP contribution in [0.25, 0.3) is 11.1 Å². The highest BCUT2D eigenvalue weighted by Crippen LogP contribution is 2.49. The lowest BCUT2D eigenvalue weighted by Crippen LogP contribution is -2.60. The fourth-order valence-electron chi connectivity index (χ4n) is 12.9. The van der Waals surface area contributed by atoms with Gasteiger partial charge in [0.05, 0.1) is 18.1 Å². The molecular formula is C71H85ClN10O22. The van der Waals surface area contributed by atoms with Gasteiger partial charge in [-0.2, -0.15) is 0 Å². The van der Waals surface area contributed by atoms with Gasteiger partial charge in [0.25, 0.3) is 0 Å². The predicted octanol–water partition coefficient (Wildman–Crippen LogP) is 1.46. The molecule has 0 radical (unpaired) electrons. The number of aromatic hydroxyl groups is 2. The van der Waals surface area contributed by atoms with Crippen molar-refractivity contribution < 1.29 is 108 Å². The SMILES string of the molecule is Cc1cc2ccc1Oc1cc3cc(c1O[C@@H]1O[C@H](CO)[C@@H](O)[C@H](O)[C@H]1O)Oc1ccc(cc1Cl)[C@@H](O)[C@@H]1NC(=O)[C@H](NC(=O)[C@@H]3NC(=O)[C@H](CC(N)=O)NC(=O)[C@H](NC(=O)[C@@H](CC(C)C)N(C)C(=O)OC(C)(C)C)[C@@H]2O)c2ccc(O)c(c2)-c2c(C)cc(O)cc2[C@@H](C(=O)N2CCN(C)CC2)NC1=O. The van der Waals surface area contributed by atoms with E-state index in [-0.39, 0.29) is 92.2 Å². The van der Waals surface area contributed by atoms with E-state index in [2.05, 4.69) is 31.9 Å². The van der Waals surface area contributed by atoms with Crippen molar-refractivity contribution in [2.24, 2.45) is 11.7 Å². The van der Waals surface area contributed by atoms with E-state index in [1.165, 1.54) is 73.5 Å². The summed E-state index contributed by atoms with van der Waals surface area (Å²) in [5.74, 6) is -12.7. The molecule has 32 nitrogen and oxygen atoms in total. The molecule has 7 heterocycles. The number of carbonyl (C=O) groups is 9. The quantitative estimate of drug-likeness (QED) is 0.0890. The summed E-state index contributed by atoms with van der Waals surface area (Å²) in [6.45, 7) is 11.7. The number of nitrogens with two attached hydrogens (primary N) is 1. The minimum Gasteiger partial charge on any atom is -0.508 e. The first-order valence-corrected chi connectivity index (χ1v) is 33.9. The molecule has 2 fully saturated rings. The number of phenols is 2. The molecule has 0 saturated carbocycles. The summed E-state index contributed by atoms with van der Waals surface area (Å²) in [5, 5.41) is 107. The lowest BCUT2D eigenvalue weighted by atomic mass is 9.87. The molecule has 12 rings (SSSR count). The van der Waals surface area contributed by atoms with Crippen molar-refractivity contribution in [3.8, 4) is 51.4 Å². The second-order valence-corrected chi connectivity index (χ2v) is 28.3. The first kappa shape index (κ1) is 76.7. The number of carbonyl (C=O) groups excluding carboxylic acids is 9. The number of likely N-dealkylation sites (N-methyl/N-ethyl adjacent to an activating group) is 2. The Hall–Kier alpha value is -9.90. The number of ether oxygens (including phenoxy) is 5. The molecule has 9 amide bonds. The van der Waals surface area contributed by atoms with Crippen molar-refractivity contribution in [2.75, 3.05) is 46.9 Å². The summed E-state index contributed by atoms with van der Waals surface area (Å²) in [6.07, 6.45) is -15.9. The number of rotatable bonds is 11. The lowest BCUT2D eigenvalue weighted by Gasteiger charge is -2.39. The van der Waals surface area contributed by atoms with Crippen molar-refractivity contribution in [3.63, 3.8) is 0 Å². The number of phenolic OH excluding ortho intramolecular Hbond substituents is 2. The van der Waals surface area contributed by atoms with Crippen LogP contribution in [0.1, 0.15) is 117 Å². The summed E-state index contributed by atoms with van der Waals surface area (Å²) in [5.41, 5.74) is 4.25. The van der Waals surface area contributed by atoms with Gasteiger partial charge in [0.15, 0.2) is 11.5 Å². The van der Waals surface area contributed by atoms with Gasteiger partial charge in [-0.1, -0.05) is 43.6 Å². The first-order chi connectivity index (χ1) is 49.0. The van der Waals surface area contributed by atoms with Crippen molar-refractivity contribution in [3.05, 3.63) is 123 Å². The molecule has 16 N–H and O–H groups in total. The lowest BCUT2D eigenvalue weighted by molar-refractivity contribution is -0.277. The predicted molar refractivity (Wildman–Crippen MR) is 367 cm³/mol. The van der Waals surface area contributed by atoms with Crippen LogP contribution in [0.15, 0.2) is 78.9 Å². The molecule has 0 spiro atoms. The average Bonchev–Trinajstić information content (AvgIpc) is 0.766. The van der Waals surface area contributed by atoms with Crippen LogP contribution in [-0.2, 0) is 47.8 Å². The van der Waals surface area contributed by atoms with Gasteiger partial charge in [0.2, 0.25) is 59.3 Å². The molecule has 0 aliphatic carbocycles. The van der Waals surface area contributed by atoms with E-state index < -0.39 is 186 Å². The molecular weight excluding hydrogens is 1380 g/mol. The van der Waals surface area contributed by atoms with E-state index in [0.717, 1.165) is 29.2 Å². The number of nitrogens with one attached hydrogen (secondary N) is 6. The minimum atomic E-state index is -2.27. The molecule has 0 aromatic heterocycles. The number of hydrogen-bond donors (Lipinski definition) is 15. The zero-order valence-electron chi connectivity index (χ0n) is 58.2. The number of piperazine rings is 1. The van der Waals surface area contributed by atoms with Crippen molar-refractivity contribution in [1.29, 1.82) is 0 Å². The summed E-state index contributed by atoms with van der Waals surface area (Å²) in [4.78, 5) is 139. The minimum absolute atomic E-state index is 0.0189. The molecule has 104 heavy (non-hydrogen) atoms. The van der Waals surface area contributed by atoms with Gasteiger partial charge >= 0.3 is 6.09 Å². The van der Waals surface area contributed by atoms with Gasteiger partial charge in [0.1, 0.15) is 108 Å². The summed E-state index contributed by atoms with van der Waals surface area (Å²) < 4.78 is 31.0. The molecule has 11 bridgehead atoms. The van der Waals surface area contributed by atoms with Crippen LogP contribution in [0.2, 0.25) is 5.02 Å². The molecule has 0 unspecified atom stereocenters. The molecule has 2 saturated heterocycles. The van der Waals surface area contributed by atoms with Crippen LogP contribution in [0.3, 0.4) is 0 Å². The molecule has 7 aliphatic rings. The van der Waals surface area contributed by atoms with Crippen LogP contribution >= 0.6 is 11.6 Å². The van der Waals surface area contributed by atoms with Gasteiger partial charge < -0.3 is 112 Å². The van der Waals surface area contributed by atoms with Crippen LogP contribution in [-0.4, -0.2) is 216 Å². The van der Waals surface area contributed by atoms with Crippen LogP contribution in [0.4, 0.5) is 4.79 Å². The average molecular weight is 1470 g/mol. The van der Waals surface area contributed by atoms with Gasteiger partial charge in [0, 0.05) is 38.8 Å². The molecule has 7 aliphatic heterocycles. The normalized spacial score (nSPS) is 25.6. The fraction of sp³-hybridized carbons (Fsp3) is 0.451. The van der Waals surface area contributed by atoms with Gasteiger partial charge in [-0.15, -0.1) is 0 Å². The van der Waals surface area contributed by atoms with Crippen LogP contribution in [0, 0.1) is 19.8 Å². The largest absolute Gasteiger partial charge is 0.508 e. The number of benzene rings is 5. The maximum atomic E-state index is 16.1. The van der Waals surface area contributed by atoms with Gasteiger partial charge in [-0.25, -0.2) is 4.79 Å². The Labute approximate surface area is 601 Å². The number of aliphatic hydroxyl groups excluding tert-OH is 6. The Balaban J connectivity index is 1.20. The van der Waals surface area contributed by atoms with E-state index in [4.69, 9.17) is 41.0 Å². The smallest absolute Gasteiger partial charge is 0.410 e. The number of aliphatic hydroxyl groups is 6. The number of fused-ring (bicyclic) bond motifs is 15. The summed E-state index contributed by atoms with van der Waals surface area (Å²) in [6, 6.07) is 2.05. The van der Waals surface area contributed by atoms with Crippen molar-refractivity contribution in [2.45, 2.75) is 152 Å². The Morgan fingerprint density at radius 1 is 0.702 bits per heavy atom. The monoisotopic (exact) mass is 1460 g/mol. The number of nitrogens with zero attached hydrogens (tertiary/aromatic N) is 3. The highest BCUT2D eigenvalue weighted by Gasteiger charge is 2.47. The number of halogens is 1. The third kappa shape index (κ3) is 16.7. The van der Waals surface area contributed by atoms with Crippen LogP contribution < -0.4 is 51.8 Å². The van der Waals surface area contributed by atoms with E-state index in [1.54, 1.807) is 41.5 Å². The Morgan fingerprint density at radius 2 is 1.32 bits per heavy atom. The van der Waals surface area contributed by atoms with Crippen LogP contribution in [0.5, 0.6) is 40.2 Å². The van der Waals surface area contributed by atoms with Crippen molar-refractivity contribution in [1.82, 2.24) is 46.6 Å². The molecule has 33 heteroatoms. The van der Waals surface area contributed by atoms with Gasteiger partial charge in [-0.05, 0) is 159 Å². The van der Waals surface area contributed by atoms with E-state index in [9.17, 15) is 55.2 Å². The Kier molecular flexibility index (Phi) is 23.0. The second kappa shape index (κ2) is 31.2. The van der Waals surface area contributed by atoms with E-state index in [1.807, 2.05) is 11.9 Å². The third-order valence-corrected chi connectivity index (χ3v) is 18.7. The highest BCUT2D eigenvalue weighted by molar-refractivity contribution is 6.32. The van der Waals surface area contributed by atoms with E-state index >= 15 is 28.8 Å². The standard InChI is InChI=1S/C71H85ClN10O22/c1-30(2)20-42(81(9)70(99)104-71(5,6)7)63(93)78-54-56(87)34-11-14-44(31(3)21-34)100-46-25-36-26-47(61(46)103-69-60(91)59(90)58(89)48(29-83)102-69)101-45-15-12-35(24-40(45)72)57(88)55-67(97)77-53(68(98)82-18-16-80(8)17-19-82)39-27-37(84)22-32(4)50(39)38-23-33(10-13-43(38)85)51(64(94)79-55)76-65(95)52(36)75-62(92)41(28-49(73)86)74-66(54)96/h10-15,21-27,30,41-42,48,51-60,69,83-85,87-91H,16-20,28-29H2,1-9H3,(H2,73,86)(H,74,96)(H,75,92)(H,76,95)(H,77,97)(H,78,93)(H,79,94)/t41-,42+,48+,51+,52+,53-,54+,55-,56+,57+,58+,59-,60+,69-/m0/s1. The first-order valence-electron chi connectivity index (χ1n) is 33.5. The summed E-state index contributed by atoms with van der Waals surface area (Å²) in [7, 11) is 3.15. The topological polar surface area (TPSA) is 470 Å². The Bertz CT molecular complexity index is 4180. The molecule has 5 aromatic carbocycles. The third-order valence-electron chi connectivity index (χ3n) is 18.4. The van der Waals surface area contributed by atoms with Gasteiger partial charge in [-0.3, -0.25) is 43.3 Å².